The zero-order valence-corrected chi connectivity index (χ0v) is 16.4. The van der Waals surface area contributed by atoms with Crippen molar-refractivity contribution >= 4 is 22.7 Å². The lowest BCUT2D eigenvalue weighted by Gasteiger charge is -2.08. The maximum atomic E-state index is 12.5. The average molecular weight is 386 g/mol. The van der Waals surface area contributed by atoms with Crippen LogP contribution in [0.4, 0.5) is 5.69 Å². The highest BCUT2D eigenvalue weighted by Crippen LogP contribution is 2.20. The highest BCUT2D eigenvalue weighted by atomic mass is 16.5. The maximum Gasteiger partial charge on any atom is 0.255 e. The number of fused-ring (bicyclic) bond motifs is 1. The molecule has 0 spiro atoms. The standard InChI is InChI=1S/C24H22N2O3/c1-3-28-20-6-4-5-18(15-20)24(27)25-19-10-8-17(9-11-19)14-23-26-21-13-16(2)7-12-22(21)29-23/h4-13,15H,3,14H2,1-2H3,(H,25,27). The van der Waals surface area contributed by atoms with Gasteiger partial charge in [-0.25, -0.2) is 4.98 Å². The first kappa shape index (κ1) is 18.7. The van der Waals surface area contributed by atoms with E-state index in [2.05, 4.69) is 10.3 Å². The molecule has 4 aromatic rings. The summed E-state index contributed by atoms with van der Waals surface area (Å²) in [6.07, 6.45) is 0.596. The molecule has 5 nitrogen and oxygen atoms in total. The summed E-state index contributed by atoms with van der Waals surface area (Å²) in [5, 5.41) is 2.91. The summed E-state index contributed by atoms with van der Waals surface area (Å²) < 4.78 is 11.3. The lowest BCUT2D eigenvalue weighted by atomic mass is 10.1. The van der Waals surface area contributed by atoms with Gasteiger partial charge in [0, 0.05) is 17.7 Å². The summed E-state index contributed by atoms with van der Waals surface area (Å²) in [5.41, 5.74) is 5.17. The van der Waals surface area contributed by atoms with E-state index in [-0.39, 0.29) is 5.91 Å². The van der Waals surface area contributed by atoms with Crippen LogP contribution >= 0.6 is 0 Å². The Labute approximate surface area is 169 Å². The Morgan fingerprint density at radius 1 is 1.07 bits per heavy atom. The minimum absolute atomic E-state index is 0.173. The zero-order chi connectivity index (χ0) is 20.2. The molecule has 0 saturated heterocycles. The van der Waals surface area contributed by atoms with E-state index in [1.807, 2.05) is 68.4 Å². The Morgan fingerprint density at radius 2 is 1.90 bits per heavy atom. The van der Waals surface area contributed by atoms with E-state index < -0.39 is 0 Å². The van der Waals surface area contributed by atoms with Gasteiger partial charge in [-0.1, -0.05) is 24.3 Å². The molecule has 29 heavy (non-hydrogen) atoms. The molecule has 1 aromatic heterocycles. The number of carbonyl (C=O) groups excluding carboxylic acids is 1. The molecule has 4 rings (SSSR count). The molecular formula is C24H22N2O3. The van der Waals surface area contributed by atoms with Crippen LogP contribution in [0.15, 0.2) is 71.1 Å². The van der Waals surface area contributed by atoms with Crippen molar-refractivity contribution in [3.05, 3.63) is 89.3 Å². The molecule has 0 atom stereocenters. The molecule has 0 saturated carbocycles. The highest BCUT2D eigenvalue weighted by molar-refractivity contribution is 6.04. The lowest BCUT2D eigenvalue weighted by molar-refractivity contribution is 0.102. The van der Waals surface area contributed by atoms with Gasteiger partial charge in [0.05, 0.1) is 6.61 Å². The fourth-order valence-corrected chi connectivity index (χ4v) is 3.14. The van der Waals surface area contributed by atoms with E-state index in [1.165, 1.54) is 0 Å². The number of aromatic nitrogens is 1. The predicted molar refractivity (Wildman–Crippen MR) is 114 cm³/mol. The summed E-state index contributed by atoms with van der Waals surface area (Å²) in [6.45, 7) is 4.51. The normalized spacial score (nSPS) is 10.8. The number of hydrogen-bond donors (Lipinski definition) is 1. The molecule has 146 valence electrons. The van der Waals surface area contributed by atoms with Crippen molar-refractivity contribution < 1.29 is 13.9 Å². The van der Waals surface area contributed by atoms with Crippen LogP contribution in [0.3, 0.4) is 0 Å². The van der Waals surface area contributed by atoms with E-state index in [4.69, 9.17) is 9.15 Å². The number of hydrogen-bond acceptors (Lipinski definition) is 4. The summed E-state index contributed by atoms with van der Waals surface area (Å²) >= 11 is 0. The molecule has 0 aliphatic carbocycles. The molecule has 0 bridgehead atoms. The monoisotopic (exact) mass is 386 g/mol. The van der Waals surface area contributed by atoms with E-state index in [1.54, 1.807) is 12.1 Å². The van der Waals surface area contributed by atoms with Crippen molar-refractivity contribution in [1.82, 2.24) is 4.98 Å². The third-order valence-corrected chi connectivity index (χ3v) is 4.56. The SMILES string of the molecule is CCOc1cccc(C(=O)Nc2ccc(Cc3nc4cc(C)ccc4o3)cc2)c1. The first-order valence-electron chi connectivity index (χ1n) is 9.60. The molecule has 1 heterocycles. The number of ether oxygens (including phenoxy) is 1. The Hall–Kier alpha value is -3.60. The van der Waals surface area contributed by atoms with Crippen LogP contribution < -0.4 is 10.1 Å². The first-order valence-corrected chi connectivity index (χ1v) is 9.60. The lowest BCUT2D eigenvalue weighted by Crippen LogP contribution is -2.12. The summed E-state index contributed by atoms with van der Waals surface area (Å²) in [5.74, 6) is 1.19. The summed E-state index contributed by atoms with van der Waals surface area (Å²) in [7, 11) is 0. The molecule has 3 aromatic carbocycles. The smallest absolute Gasteiger partial charge is 0.255 e. The average Bonchev–Trinajstić information content (AvgIpc) is 3.11. The summed E-state index contributed by atoms with van der Waals surface area (Å²) in [4.78, 5) is 17.0. The van der Waals surface area contributed by atoms with Crippen molar-refractivity contribution in [2.45, 2.75) is 20.3 Å². The number of aryl methyl sites for hydroxylation is 1. The molecule has 1 amide bonds. The van der Waals surface area contributed by atoms with Crippen molar-refractivity contribution in [3.63, 3.8) is 0 Å². The van der Waals surface area contributed by atoms with Gasteiger partial charge >= 0.3 is 0 Å². The number of nitrogens with one attached hydrogen (secondary N) is 1. The Morgan fingerprint density at radius 3 is 2.69 bits per heavy atom. The number of benzene rings is 3. The number of nitrogens with zero attached hydrogens (tertiary/aromatic N) is 1. The molecule has 1 N–H and O–H groups in total. The second-order valence-corrected chi connectivity index (χ2v) is 6.87. The van der Waals surface area contributed by atoms with Gasteiger partial charge in [-0.3, -0.25) is 4.79 Å². The van der Waals surface area contributed by atoms with Crippen LogP contribution in [0, 0.1) is 6.92 Å². The maximum absolute atomic E-state index is 12.5. The van der Waals surface area contributed by atoms with Gasteiger partial charge in [0.15, 0.2) is 11.5 Å². The Kier molecular flexibility index (Phi) is 5.29. The molecule has 5 heteroatoms. The third-order valence-electron chi connectivity index (χ3n) is 4.56. The number of anilines is 1. The number of oxazole rings is 1. The number of carbonyl (C=O) groups is 1. The fourth-order valence-electron chi connectivity index (χ4n) is 3.14. The van der Waals surface area contributed by atoms with Gasteiger partial charge in [0.1, 0.15) is 11.3 Å². The van der Waals surface area contributed by atoms with Crippen LogP contribution in [0.2, 0.25) is 0 Å². The predicted octanol–water partition coefficient (Wildman–Crippen LogP) is 5.38. The van der Waals surface area contributed by atoms with Gasteiger partial charge < -0.3 is 14.5 Å². The van der Waals surface area contributed by atoms with Crippen molar-refractivity contribution in [2.24, 2.45) is 0 Å². The van der Waals surface area contributed by atoms with E-state index in [0.717, 1.165) is 27.9 Å². The van der Waals surface area contributed by atoms with Gasteiger partial charge in [-0.2, -0.15) is 0 Å². The van der Waals surface area contributed by atoms with Crippen molar-refractivity contribution in [1.29, 1.82) is 0 Å². The van der Waals surface area contributed by atoms with Gasteiger partial charge in [-0.05, 0) is 67.4 Å². The quantitative estimate of drug-likeness (QED) is 0.483. The van der Waals surface area contributed by atoms with Crippen LogP contribution in [-0.2, 0) is 6.42 Å². The van der Waals surface area contributed by atoms with Gasteiger partial charge in [0.25, 0.3) is 5.91 Å². The molecular weight excluding hydrogens is 364 g/mol. The largest absolute Gasteiger partial charge is 0.494 e. The number of rotatable bonds is 6. The molecule has 0 radical (unpaired) electrons. The minimum atomic E-state index is -0.173. The molecule has 0 aliphatic rings. The first-order chi connectivity index (χ1) is 14.1. The zero-order valence-electron chi connectivity index (χ0n) is 16.4. The Bertz CT molecular complexity index is 1150. The van der Waals surface area contributed by atoms with E-state index >= 15 is 0 Å². The van der Waals surface area contributed by atoms with Crippen LogP contribution in [0.1, 0.15) is 34.3 Å². The van der Waals surface area contributed by atoms with E-state index in [0.29, 0.717) is 30.2 Å². The van der Waals surface area contributed by atoms with Crippen LogP contribution in [0.5, 0.6) is 5.75 Å². The molecule has 0 aliphatic heterocycles. The van der Waals surface area contributed by atoms with Crippen molar-refractivity contribution in [2.75, 3.05) is 11.9 Å². The van der Waals surface area contributed by atoms with Gasteiger partial charge in [0.2, 0.25) is 0 Å². The Balaban J connectivity index is 1.43. The number of amides is 1. The van der Waals surface area contributed by atoms with Crippen LogP contribution in [0.25, 0.3) is 11.1 Å². The third kappa shape index (κ3) is 4.46. The second kappa shape index (κ2) is 8.19. The van der Waals surface area contributed by atoms with Crippen LogP contribution in [-0.4, -0.2) is 17.5 Å². The topological polar surface area (TPSA) is 64.4 Å². The highest BCUT2D eigenvalue weighted by Gasteiger charge is 2.09. The minimum Gasteiger partial charge on any atom is -0.494 e. The molecule has 0 fully saturated rings. The second-order valence-electron chi connectivity index (χ2n) is 6.87. The van der Waals surface area contributed by atoms with E-state index in [9.17, 15) is 4.79 Å². The molecule has 0 unspecified atom stereocenters. The van der Waals surface area contributed by atoms with Crippen molar-refractivity contribution in [3.8, 4) is 5.75 Å². The van der Waals surface area contributed by atoms with Gasteiger partial charge in [-0.15, -0.1) is 0 Å². The fraction of sp³-hybridized carbons (Fsp3) is 0.167. The summed E-state index contributed by atoms with van der Waals surface area (Å²) in [6, 6.07) is 20.8.